The van der Waals surface area contributed by atoms with Crippen molar-refractivity contribution in [3.05, 3.63) is 0 Å². The summed E-state index contributed by atoms with van der Waals surface area (Å²) in [5.41, 5.74) is 0. The molecule has 0 aromatic carbocycles. The summed E-state index contributed by atoms with van der Waals surface area (Å²) in [5.74, 6) is -0.355. The fourth-order valence-corrected chi connectivity index (χ4v) is 2.57. The van der Waals surface area contributed by atoms with Crippen LogP contribution in [0, 0.1) is 5.92 Å². The van der Waals surface area contributed by atoms with Crippen LogP contribution in [0.1, 0.15) is 39.5 Å². The zero-order chi connectivity index (χ0) is 12.1. The van der Waals surface area contributed by atoms with Crippen molar-refractivity contribution in [2.24, 2.45) is 5.92 Å². The van der Waals surface area contributed by atoms with E-state index in [1.54, 1.807) is 0 Å². The molecule has 1 aliphatic carbocycles. The quantitative estimate of drug-likeness (QED) is 0.734. The third-order valence-corrected chi connectivity index (χ3v) is 3.43. The van der Waals surface area contributed by atoms with Gasteiger partial charge in [-0.05, 0) is 18.8 Å². The number of alkyl halides is 1. The Labute approximate surface area is 103 Å². The van der Waals surface area contributed by atoms with Gasteiger partial charge in [0.15, 0.2) is 0 Å². The Kier molecular flexibility index (Phi) is 5.56. The molecule has 0 bridgehead atoms. The van der Waals surface area contributed by atoms with Gasteiger partial charge in [-0.1, -0.05) is 26.7 Å². The van der Waals surface area contributed by atoms with E-state index in [-0.39, 0.29) is 0 Å². The van der Waals surface area contributed by atoms with Crippen LogP contribution in [0.3, 0.4) is 0 Å². The number of aliphatic carboxylic acids is 1. The number of carboxylic acid groups (broad SMARTS) is 1. The van der Waals surface area contributed by atoms with E-state index < -0.39 is 11.3 Å². The molecule has 1 aliphatic rings. The summed E-state index contributed by atoms with van der Waals surface area (Å²) >= 11 is 5.83. The van der Waals surface area contributed by atoms with Crippen molar-refractivity contribution in [2.45, 2.75) is 50.9 Å². The second-order valence-corrected chi connectivity index (χ2v) is 5.62. The highest BCUT2D eigenvalue weighted by Crippen LogP contribution is 2.24. The number of hydrogen-bond acceptors (Lipinski definition) is 2. The predicted octanol–water partition coefficient (Wildman–Crippen LogP) is 2.58. The standard InChI is InChI=1S/C12H22ClNO2/c1-9(2)7-14(8-11(13)12(15)16)10-5-3-4-6-10/h9-11H,3-8H2,1-2H3,(H,15,16). The molecule has 0 aliphatic heterocycles. The average molecular weight is 248 g/mol. The normalized spacial score (nSPS) is 19.6. The van der Waals surface area contributed by atoms with Crippen LogP contribution < -0.4 is 0 Å². The number of halogens is 1. The van der Waals surface area contributed by atoms with Gasteiger partial charge in [0.2, 0.25) is 0 Å². The van der Waals surface area contributed by atoms with Crippen LogP contribution in [0.25, 0.3) is 0 Å². The fourth-order valence-electron chi connectivity index (χ4n) is 2.40. The van der Waals surface area contributed by atoms with Gasteiger partial charge in [0, 0.05) is 19.1 Å². The molecule has 0 spiro atoms. The lowest BCUT2D eigenvalue weighted by Crippen LogP contribution is -2.42. The van der Waals surface area contributed by atoms with Crippen molar-refractivity contribution in [1.29, 1.82) is 0 Å². The van der Waals surface area contributed by atoms with Crippen molar-refractivity contribution in [1.82, 2.24) is 4.90 Å². The number of rotatable bonds is 6. The highest BCUT2D eigenvalue weighted by atomic mass is 35.5. The van der Waals surface area contributed by atoms with Crippen LogP contribution in [-0.2, 0) is 4.79 Å². The van der Waals surface area contributed by atoms with E-state index in [0.29, 0.717) is 18.5 Å². The molecule has 1 fully saturated rings. The Morgan fingerprint density at radius 2 is 1.94 bits per heavy atom. The maximum Gasteiger partial charge on any atom is 0.322 e. The van der Waals surface area contributed by atoms with E-state index in [1.807, 2.05) is 0 Å². The Morgan fingerprint density at radius 3 is 2.38 bits per heavy atom. The molecule has 1 rings (SSSR count). The number of carboxylic acids is 1. The Balaban J connectivity index is 2.52. The van der Waals surface area contributed by atoms with Crippen molar-refractivity contribution >= 4 is 17.6 Å². The van der Waals surface area contributed by atoms with Gasteiger partial charge in [-0.15, -0.1) is 11.6 Å². The predicted molar refractivity (Wildman–Crippen MR) is 65.9 cm³/mol. The van der Waals surface area contributed by atoms with Gasteiger partial charge in [-0.3, -0.25) is 9.69 Å². The third-order valence-electron chi connectivity index (χ3n) is 3.10. The zero-order valence-electron chi connectivity index (χ0n) is 10.2. The third kappa shape index (κ3) is 4.30. The summed E-state index contributed by atoms with van der Waals surface area (Å²) in [6, 6.07) is 0.544. The lowest BCUT2D eigenvalue weighted by Gasteiger charge is -2.31. The number of carbonyl (C=O) groups is 1. The topological polar surface area (TPSA) is 40.5 Å². The van der Waals surface area contributed by atoms with Gasteiger partial charge in [-0.25, -0.2) is 0 Å². The first kappa shape index (κ1) is 13.8. The van der Waals surface area contributed by atoms with Gasteiger partial charge in [0.25, 0.3) is 0 Å². The molecular formula is C12H22ClNO2. The molecule has 16 heavy (non-hydrogen) atoms. The van der Waals surface area contributed by atoms with Gasteiger partial charge in [0.05, 0.1) is 0 Å². The first-order chi connectivity index (χ1) is 7.50. The maximum absolute atomic E-state index is 10.8. The number of hydrogen-bond donors (Lipinski definition) is 1. The van der Waals surface area contributed by atoms with E-state index in [9.17, 15) is 4.79 Å². The van der Waals surface area contributed by atoms with Crippen molar-refractivity contribution in [3.63, 3.8) is 0 Å². The molecule has 0 radical (unpaired) electrons. The first-order valence-corrected chi connectivity index (χ1v) is 6.55. The summed E-state index contributed by atoms with van der Waals surface area (Å²) in [7, 11) is 0. The van der Waals surface area contributed by atoms with Gasteiger partial charge < -0.3 is 5.11 Å². The van der Waals surface area contributed by atoms with Crippen LogP contribution in [0.5, 0.6) is 0 Å². The molecule has 1 unspecified atom stereocenters. The Hall–Kier alpha value is -0.280. The molecule has 0 amide bonds. The van der Waals surface area contributed by atoms with Crippen LogP contribution >= 0.6 is 11.6 Å². The molecule has 94 valence electrons. The van der Waals surface area contributed by atoms with E-state index >= 15 is 0 Å². The zero-order valence-corrected chi connectivity index (χ0v) is 10.9. The molecule has 1 saturated carbocycles. The molecule has 0 aromatic heterocycles. The van der Waals surface area contributed by atoms with Gasteiger partial charge in [-0.2, -0.15) is 0 Å². The molecule has 0 saturated heterocycles. The van der Waals surface area contributed by atoms with Crippen LogP contribution in [0.4, 0.5) is 0 Å². The van der Waals surface area contributed by atoms with E-state index in [2.05, 4.69) is 18.7 Å². The summed E-state index contributed by atoms with van der Waals surface area (Å²) < 4.78 is 0. The van der Waals surface area contributed by atoms with Crippen LogP contribution in [-0.4, -0.2) is 40.5 Å². The minimum absolute atomic E-state index is 0.472. The van der Waals surface area contributed by atoms with Crippen molar-refractivity contribution in [3.8, 4) is 0 Å². The largest absolute Gasteiger partial charge is 0.480 e. The van der Waals surface area contributed by atoms with E-state index in [0.717, 1.165) is 6.54 Å². The van der Waals surface area contributed by atoms with Crippen LogP contribution in [0.2, 0.25) is 0 Å². The minimum atomic E-state index is -0.909. The van der Waals surface area contributed by atoms with Crippen molar-refractivity contribution in [2.75, 3.05) is 13.1 Å². The molecule has 4 heteroatoms. The molecular weight excluding hydrogens is 226 g/mol. The molecule has 0 heterocycles. The molecule has 0 aromatic rings. The smallest absolute Gasteiger partial charge is 0.322 e. The Bertz CT molecular complexity index is 227. The second-order valence-electron chi connectivity index (χ2n) is 5.09. The Morgan fingerprint density at radius 1 is 1.38 bits per heavy atom. The maximum atomic E-state index is 10.8. The molecule has 3 nitrogen and oxygen atoms in total. The van der Waals surface area contributed by atoms with Crippen LogP contribution in [0.15, 0.2) is 0 Å². The van der Waals surface area contributed by atoms with E-state index in [1.165, 1.54) is 25.7 Å². The summed E-state index contributed by atoms with van der Waals surface area (Å²) in [5, 5.41) is 8.07. The summed E-state index contributed by atoms with van der Waals surface area (Å²) in [4.78, 5) is 13.0. The highest BCUT2D eigenvalue weighted by molar-refractivity contribution is 6.29. The van der Waals surface area contributed by atoms with E-state index in [4.69, 9.17) is 16.7 Å². The fraction of sp³-hybridized carbons (Fsp3) is 0.917. The van der Waals surface area contributed by atoms with Crippen molar-refractivity contribution < 1.29 is 9.90 Å². The summed E-state index contributed by atoms with van der Waals surface area (Å²) in [6.07, 6.45) is 4.91. The summed E-state index contributed by atoms with van der Waals surface area (Å²) in [6.45, 7) is 5.73. The lowest BCUT2D eigenvalue weighted by molar-refractivity contribution is -0.137. The monoisotopic (exact) mass is 247 g/mol. The average Bonchev–Trinajstić information content (AvgIpc) is 2.68. The minimum Gasteiger partial charge on any atom is -0.480 e. The highest BCUT2D eigenvalue weighted by Gasteiger charge is 2.27. The second kappa shape index (κ2) is 6.45. The van der Waals surface area contributed by atoms with Gasteiger partial charge >= 0.3 is 5.97 Å². The first-order valence-electron chi connectivity index (χ1n) is 6.11. The SMILES string of the molecule is CC(C)CN(CC(Cl)C(=O)O)C1CCCC1. The van der Waals surface area contributed by atoms with Gasteiger partial charge in [0.1, 0.15) is 5.38 Å². The molecule has 1 N–H and O–H groups in total. The molecule has 1 atom stereocenters. The number of nitrogens with zero attached hydrogens (tertiary/aromatic N) is 1. The lowest BCUT2D eigenvalue weighted by atomic mass is 10.1.